The van der Waals surface area contributed by atoms with E-state index in [1.54, 1.807) is 0 Å². The molecule has 112 valence electrons. The van der Waals surface area contributed by atoms with Crippen molar-refractivity contribution >= 4 is 12.1 Å². The van der Waals surface area contributed by atoms with E-state index < -0.39 is 29.6 Å². The average Bonchev–Trinajstić information content (AvgIpc) is 2.34. The summed E-state index contributed by atoms with van der Waals surface area (Å²) in [6.45, 7) is 3.37. The van der Waals surface area contributed by atoms with Gasteiger partial charge in [-0.2, -0.15) is 0 Å². The molecule has 0 aromatic rings. The van der Waals surface area contributed by atoms with Crippen LogP contribution in [-0.4, -0.2) is 46.2 Å². The molecular formula is C13H17F2NO4. The van der Waals surface area contributed by atoms with Gasteiger partial charge < -0.3 is 9.84 Å². The van der Waals surface area contributed by atoms with E-state index in [9.17, 15) is 18.4 Å². The summed E-state index contributed by atoms with van der Waals surface area (Å²) in [6, 6.07) is -0.987. The first kappa shape index (κ1) is 14.7. The Balaban J connectivity index is 2.11. The van der Waals surface area contributed by atoms with Gasteiger partial charge in [-0.15, -0.1) is 0 Å². The van der Waals surface area contributed by atoms with Crippen LogP contribution in [0.3, 0.4) is 0 Å². The van der Waals surface area contributed by atoms with Crippen molar-refractivity contribution in [2.75, 3.05) is 6.61 Å². The summed E-state index contributed by atoms with van der Waals surface area (Å²) >= 11 is 0. The van der Waals surface area contributed by atoms with Gasteiger partial charge in [0.05, 0.1) is 5.54 Å². The predicted molar refractivity (Wildman–Crippen MR) is 65.6 cm³/mol. The Morgan fingerprint density at radius 2 is 1.95 bits per heavy atom. The molecule has 5 nitrogen and oxygen atoms in total. The van der Waals surface area contributed by atoms with Gasteiger partial charge >= 0.3 is 12.1 Å². The smallest absolute Gasteiger partial charge is 0.411 e. The molecule has 2 aliphatic rings. The number of carbonyl (C=O) groups excluding carboxylic acids is 1. The topological polar surface area (TPSA) is 66.8 Å². The van der Waals surface area contributed by atoms with Crippen LogP contribution < -0.4 is 0 Å². The molecule has 0 radical (unpaired) electrons. The van der Waals surface area contributed by atoms with Crippen LogP contribution in [0, 0.1) is 0 Å². The summed E-state index contributed by atoms with van der Waals surface area (Å²) in [7, 11) is 0. The summed E-state index contributed by atoms with van der Waals surface area (Å²) in [4.78, 5) is 24.2. The molecule has 1 heterocycles. The number of carboxylic acid groups (broad SMARTS) is 1. The van der Waals surface area contributed by atoms with E-state index in [4.69, 9.17) is 9.84 Å². The minimum Gasteiger partial charge on any atom is -0.480 e. The second kappa shape index (κ2) is 5.03. The Labute approximate surface area is 115 Å². The quantitative estimate of drug-likeness (QED) is 0.810. The minimum atomic E-state index is -2.73. The molecule has 20 heavy (non-hydrogen) atoms. The summed E-state index contributed by atoms with van der Waals surface area (Å²) < 4.78 is 31.3. The van der Waals surface area contributed by atoms with Crippen molar-refractivity contribution in [2.45, 2.75) is 49.6 Å². The van der Waals surface area contributed by atoms with Crippen molar-refractivity contribution in [1.29, 1.82) is 0 Å². The summed E-state index contributed by atoms with van der Waals surface area (Å²) in [5, 5.41) is 9.08. The Morgan fingerprint density at radius 3 is 2.45 bits per heavy atom. The maximum Gasteiger partial charge on any atom is 0.411 e. The Bertz CT molecular complexity index is 428. The van der Waals surface area contributed by atoms with Gasteiger partial charge in [-0.05, 0) is 12.8 Å². The van der Waals surface area contributed by atoms with Crippen LogP contribution in [0.1, 0.15) is 32.1 Å². The van der Waals surface area contributed by atoms with Gasteiger partial charge in [0.1, 0.15) is 12.6 Å². The van der Waals surface area contributed by atoms with Gasteiger partial charge in [0.25, 0.3) is 0 Å². The number of amides is 1. The number of ether oxygens (including phenoxy) is 1. The first-order valence-electron chi connectivity index (χ1n) is 6.49. The minimum absolute atomic E-state index is 0.0338. The van der Waals surface area contributed by atoms with Crippen LogP contribution in [0.4, 0.5) is 13.6 Å². The van der Waals surface area contributed by atoms with Gasteiger partial charge in [0.15, 0.2) is 0 Å². The molecule has 1 amide bonds. The van der Waals surface area contributed by atoms with E-state index >= 15 is 0 Å². The largest absolute Gasteiger partial charge is 0.480 e. The Morgan fingerprint density at radius 1 is 1.35 bits per heavy atom. The molecule has 7 heteroatoms. The average molecular weight is 289 g/mol. The highest BCUT2D eigenvalue weighted by Crippen LogP contribution is 2.50. The number of halogens is 2. The van der Waals surface area contributed by atoms with Crippen LogP contribution in [0.25, 0.3) is 0 Å². The lowest BCUT2D eigenvalue weighted by Gasteiger charge is -2.58. The number of rotatable bonds is 3. The fraction of sp³-hybridized carbons (Fsp3) is 0.692. The molecule has 0 bridgehead atoms. The third-order valence-corrected chi connectivity index (χ3v) is 4.11. The number of likely N-dealkylation sites (tertiary alicyclic amines) is 1. The van der Waals surface area contributed by atoms with Crippen molar-refractivity contribution in [3.8, 4) is 0 Å². The van der Waals surface area contributed by atoms with E-state index in [0.717, 1.165) is 4.90 Å². The van der Waals surface area contributed by atoms with Crippen LogP contribution in [0.5, 0.6) is 0 Å². The molecule has 1 saturated carbocycles. The maximum absolute atomic E-state index is 13.2. The molecule has 1 aliphatic carbocycles. The molecule has 2 fully saturated rings. The number of carbonyl (C=O) groups is 2. The van der Waals surface area contributed by atoms with Crippen molar-refractivity contribution in [2.24, 2.45) is 0 Å². The van der Waals surface area contributed by atoms with Gasteiger partial charge in [0.2, 0.25) is 5.92 Å². The molecule has 1 unspecified atom stereocenters. The Kier molecular flexibility index (Phi) is 3.71. The van der Waals surface area contributed by atoms with Crippen molar-refractivity contribution in [3.63, 3.8) is 0 Å². The zero-order valence-corrected chi connectivity index (χ0v) is 11.0. The van der Waals surface area contributed by atoms with Crippen molar-refractivity contribution in [1.82, 2.24) is 4.90 Å². The lowest BCUT2D eigenvalue weighted by atomic mass is 9.68. The standard InChI is InChI=1S/C13H17F2NO4/c1-2-7-20-11(19)16-9(10(17)18)8-12(16)3-5-13(14,15)6-4-12/h2,9H,1,3-8H2,(H,17,18). The lowest BCUT2D eigenvalue weighted by molar-refractivity contribution is -0.169. The predicted octanol–water partition coefficient (Wildman–Crippen LogP) is 2.42. The molecule has 1 atom stereocenters. The maximum atomic E-state index is 13.2. The fourth-order valence-electron chi connectivity index (χ4n) is 3.01. The SMILES string of the molecule is C=CCOC(=O)N1C(C(=O)O)CC12CCC(F)(F)CC2. The third-order valence-electron chi connectivity index (χ3n) is 4.11. The highest BCUT2D eigenvalue weighted by Gasteiger charge is 2.60. The molecule has 1 saturated heterocycles. The van der Waals surface area contributed by atoms with E-state index in [2.05, 4.69) is 6.58 Å². The van der Waals surface area contributed by atoms with Crippen LogP contribution >= 0.6 is 0 Å². The van der Waals surface area contributed by atoms with E-state index in [-0.39, 0.29) is 38.7 Å². The van der Waals surface area contributed by atoms with E-state index in [0.29, 0.717) is 0 Å². The summed E-state index contributed by atoms with van der Waals surface area (Å²) in [5.74, 6) is -3.86. The summed E-state index contributed by atoms with van der Waals surface area (Å²) in [6.07, 6.45) is 0.361. The molecule has 0 aromatic heterocycles. The number of hydrogen-bond donors (Lipinski definition) is 1. The van der Waals surface area contributed by atoms with E-state index in [1.165, 1.54) is 6.08 Å². The van der Waals surface area contributed by atoms with E-state index in [1.807, 2.05) is 0 Å². The number of carboxylic acids is 1. The lowest BCUT2D eigenvalue weighted by Crippen LogP contribution is -2.71. The van der Waals surface area contributed by atoms with Gasteiger partial charge in [-0.3, -0.25) is 4.90 Å². The second-order valence-electron chi connectivity index (χ2n) is 5.37. The molecule has 0 aromatic carbocycles. The normalized spacial score (nSPS) is 26.7. The first-order valence-corrected chi connectivity index (χ1v) is 6.49. The molecule has 2 rings (SSSR count). The number of nitrogens with zero attached hydrogens (tertiary/aromatic N) is 1. The molecular weight excluding hydrogens is 272 g/mol. The zero-order chi connectivity index (χ0) is 15.0. The molecule has 1 N–H and O–H groups in total. The van der Waals surface area contributed by atoms with Crippen molar-refractivity contribution < 1.29 is 28.2 Å². The number of hydrogen-bond acceptors (Lipinski definition) is 3. The van der Waals surface area contributed by atoms with Crippen LogP contribution in [0.2, 0.25) is 0 Å². The van der Waals surface area contributed by atoms with Gasteiger partial charge in [0, 0.05) is 19.3 Å². The van der Waals surface area contributed by atoms with Crippen LogP contribution in [-0.2, 0) is 9.53 Å². The van der Waals surface area contributed by atoms with Crippen LogP contribution in [0.15, 0.2) is 12.7 Å². The number of alkyl halides is 2. The summed E-state index contributed by atoms with van der Waals surface area (Å²) in [5.41, 5.74) is -0.789. The van der Waals surface area contributed by atoms with Crippen molar-refractivity contribution in [3.05, 3.63) is 12.7 Å². The van der Waals surface area contributed by atoms with Gasteiger partial charge in [-0.25, -0.2) is 18.4 Å². The third kappa shape index (κ3) is 2.48. The molecule has 1 spiro atoms. The number of aliphatic carboxylic acids is 1. The monoisotopic (exact) mass is 289 g/mol. The molecule has 1 aliphatic heterocycles. The fourth-order valence-corrected chi connectivity index (χ4v) is 3.01. The Hall–Kier alpha value is -1.66. The highest BCUT2D eigenvalue weighted by atomic mass is 19.3. The second-order valence-corrected chi connectivity index (χ2v) is 5.37. The zero-order valence-electron chi connectivity index (χ0n) is 11.0. The first-order chi connectivity index (χ1) is 9.31. The highest BCUT2D eigenvalue weighted by molar-refractivity contribution is 5.83. The van der Waals surface area contributed by atoms with Gasteiger partial charge in [-0.1, -0.05) is 12.7 Å².